The quantitative estimate of drug-likeness (QED) is 0.845. The molecule has 134 valence electrons. The van der Waals surface area contributed by atoms with E-state index in [1.54, 1.807) is 13.8 Å². The van der Waals surface area contributed by atoms with Gasteiger partial charge in [0, 0.05) is 0 Å². The first kappa shape index (κ1) is 18.3. The molecular weight excluding hydrogens is 329 g/mol. The van der Waals surface area contributed by atoms with Gasteiger partial charge in [-0.2, -0.15) is 18.3 Å². The molecule has 1 aromatic rings. The average Bonchev–Trinajstić information content (AvgIpc) is 2.93. The van der Waals surface area contributed by atoms with Crippen LogP contribution in [-0.2, 0) is 15.7 Å². The van der Waals surface area contributed by atoms with Gasteiger partial charge < -0.3 is 9.84 Å². The Morgan fingerprint density at radius 3 is 2.46 bits per heavy atom. The number of aromatic carboxylic acids is 1. The van der Waals surface area contributed by atoms with Crippen LogP contribution in [-0.4, -0.2) is 33.4 Å². The second-order valence-corrected chi connectivity index (χ2v) is 6.17. The minimum Gasteiger partial charge on any atom is -0.478 e. The standard InChI is InChI=1S/C15H19F3N2O4/c1-3-24-13(23)14(2)6-4-9(5-7-14)20-11(15(16,17)18)10(8-19-20)12(21)22/h8-9H,3-7H2,1-2H3,(H,21,22)/t9-,14+. The first-order chi connectivity index (χ1) is 11.1. The van der Waals surface area contributed by atoms with Crippen molar-refractivity contribution in [1.29, 1.82) is 0 Å². The van der Waals surface area contributed by atoms with Crippen LogP contribution in [0, 0.1) is 5.41 Å². The lowest BCUT2D eigenvalue weighted by Gasteiger charge is -2.35. The van der Waals surface area contributed by atoms with E-state index in [4.69, 9.17) is 9.84 Å². The number of esters is 1. The number of carboxylic acid groups (broad SMARTS) is 1. The van der Waals surface area contributed by atoms with Gasteiger partial charge in [0.05, 0.1) is 24.3 Å². The Morgan fingerprint density at radius 1 is 1.42 bits per heavy atom. The SMILES string of the molecule is CCOC(=O)[C@]1(C)CC[C@H](n2ncc(C(=O)O)c2C(F)(F)F)CC1. The van der Waals surface area contributed by atoms with Crippen molar-refractivity contribution in [1.82, 2.24) is 9.78 Å². The Balaban J connectivity index is 2.24. The monoisotopic (exact) mass is 348 g/mol. The number of carbonyl (C=O) groups excluding carboxylic acids is 1. The lowest BCUT2D eigenvalue weighted by molar-refractivity contribution is -0.157. The van der Waals surface area contributed by atoms with Gasteiger partial charge in [0.15, 0.2) is 5.69 Å². The fourth-order valence-electron chi connectivity index (χ4n) is 3.07. The van der Waals surface area contributed by atoms with E-state index < -0.39 is 34.9 Å². The summed E-state index contributed by atoms with van der Waals surface area (Å²) in [6.45, 7) is 3.68. The summed E-state index contributed by atoms with van der Waals surface area (Å²) >= 11 is 0. The third-order valence-corrected chi connectivity index (χ3v) is 4.47. The zero-order valence-electron chi connectivity index (χ0n) is 13.4. The molecule has 9 heteroatoms. The van der Waals surface area contributed by atoms with E-state index in [1.807, 2.05) is 0 Å². The molecule has 1 heterocycles. The Morgan fingerprint density at radius 2 is 2.00 bits per heavy atom. The predicted octanol–water partition coefficient (Wildman–Crippen LogP) is 3.28. The van der Waals surface area contributed by atoms with Crippen LogP contribution in [0.5, 0.6) is 0 Å². The number of rotatable bonds is 4. The lowest BCUT2D eigenvalue weighted by atomic mass is 9.74. The molecule has 1 N–H and O–H groups in total. The molecule has 1 aromatic heterocycles. The van der Waals surface area contributed by atoms with Gasteiger partial charge in [-0.25, -0.2) is 4.79 Å². The molecule has 6 nitrogen and oxygen atoms in total. The number of nitrogens with zero attached hydrogens (tertiary/aromatic N) is 2. The van der Waals surface area contributed by atoms with Crippen molar-refractivity contribution < 1.29 is 32.6 Å². The number of carbonyl (C=O) groups is 2. The van der Waals surface area contributed by atoms with Crippen LogP contribution in [0.4, 0.5) is 13.2 Å². The maximum absolute atomic E-state index is 13.2. The highest BCUT2D eigenvalue weighted by Gasteiger charge is 2.44. The number of ether oxygens (including phenoxy) is 1. The summed E-state index contributed by atoms with van der Waals surface area (Å²) in [6, 6.07) is -0.600. The molecule has 0 amide bonds. The Hall–Kier alpha value is -2.06. The number of carboxylic acids is 1. The highest BCUT2D eigenvalue weighted by molar-refractivity contribution is 5.88. The molecule has 0 saturated heterocycles. The van der Waals surface area contributed by atoms with Crippen molar-refractivity contribution in [2.24, 2.45) is 5.41 Å². The van der Waals surface area contributed by atoms with Gasteiger partial charge in [0.1, 0.15) is 5.56 Å². The van der Waals surface area contributed by atoms with Crippen molar-refractivity contribution in [2.45, 2.75) is 51.7 Å². The van der Waals surface area contributed by atoms with Gasteiger partial charge in [0.2, 0.25) is 0 Å². The zero-order valence-corrected chi connectivity index (χ0v) is 13.4. The van der Waals surface area contributed by atoms with Crippen LogP contribution in [0.25, 0.3) is 0 Å². The van der Waals surface area contributed by atoms with E-state index in [9.17, 15) is 22.8 Å². The summed E-state index contributed by atoms with van der Waals surface area (Å²) in [4.78, 5) is 23.0. The van der Waals surface area contributed by atoms with Gasteiger partial charge in [-0.05, 0) is 39.5 Å². The smallest absolute Gasteiger partial charge is 0.433 e. The van der Waals surface area contributed by atoms with Crippen LogP contribution in [0.1, 0.15) is 61.6 Å². The number of alkyl halides is 3. The highest BCUT2D eigenvalue weighted by Crippen LogP contribution is 2.43. The summed E-state index contributed by atoms with van der Waals surface area (Å²) in [5, 5.41) is 12.6. The largest absolute Gasteiger partial charge is 0.478 e. The molecule has 0 aliphatic heterocycles. The molecule has 0 aromatic carbocycles. The Bertz CT molecular complexity index is 631. The van der Waals surface area contributed by atoms with E-state index in [0.29, 0.717) is 25.7 Å². The second kappa shape index (κ2) is 6.45. The van der Waals surface area contributed by atoms with Crippen molar-refractivity contribution in [3.63, 3.8) is 0 Å². The van der Waals surface area contributed by atoms with Gasteiger partial charge >= 0.3 is 18.1 Å². The summed E-state index contributed by atoms with van der Waals surface area (Å²) in [6.07, 6.45) is -2.79. The van der Waals surface area contributed by atoms with E-state index in [2.05, 4.69) is 5.10 Å². The average molecular weight is 348 g/mol. The molecule has 1 saturated carbocycles. The Kier molecular flexibility index (Phi) is 4.91. The molecule has 0 spiro atoms. The summed E-state index contributed by atoms with van der Waals surface area (Å²) < 4.78 is 45.5. The molecule has 1 aliphatic carbocycles. The van der Waals surface area contributed by atoms with Gasteiger partial charge in [-0.3, -0.25) is 9.48 Å². The van der Waals surface area contributed by atoms with Gasteiger partial charge in [-0.15, -0.1) is 0 Å². The van der Waals surface area contributed by atoms with E-state index in [-0.39, 0.29) is 12.6 Å². The number of aromatic nitrogens is 2. The number of hydrogen-bond acceptors (Lipinski definition) is 4. The number of halogens is 3. The van der Waals surface area contributed by atoms with E-state index in [0.717, 1.165) is 10.9 Å². The van der Waals surface area contributed by atoms with E-state index >= 15 is 0 Å². The first-order valence-electron chi connectivity index (χ1n) is 7.65. The van der Waals surface area contributed by atoms with Crippen LogP contribution < -0.4 is 0 Å². The van der Waals surface area contributed by atoms with Crippen LogP contribution >= 0.6 is 0 Å². The zero-order chi connectivity index (χ0) is 18.1. The fourth-order valence-corrected chi connectivity index (χ4v) is 3.07. The topological polar surface area (TPSA) is 81.4 Å². The highest BCUT2D eigenvalue weighted by atomic mass is 19.4. The third-order valence-electron chi connectivity index (χ3n) is 4.47. The summed E-state index contributed by atoms with van der Waals surface area (Å²) in [7, 11) is 0. The Labute approximate surface area is 136 Å². The van der Waals surface area contributed by atoms with Crippen molar-refractivity contribution in [2.75, 3.05) is 6.61 Å². The van der Waals surface area contributed by atoms with Crippen molar-refractivity contribution in [3.8, 4) is 0 Å². The van der Waals surface area contributed by atoms with Gasteiger partial charge in [0.25, 0.3) is 0 Å². The molecule has 0 unspecified atom stereocenters. The third kappa shape index (κ3) is 3.39. The molecule has 1 aliphatic rings. The molecular formula is C15H19F3N2O4. The van der Waals surface area contributed by atoms with Crippen LogP contribution in [0.2, 0.25) is 0 Å². The normalized spacial score (nSPS) is 24.6. The summed E-state index contributed by atoms with van der Waals surface area (Å²) in [5.74, 6) is -2.02. The maximum Gasteiger partial charge on any atom is 0.433 e. The second-order valence-electron chi connectivity index (χ2n) is 6.17. The van der Waals surface area contributed by atoms with Crippen molar-refractivity contribution in [3.05, 3.63) is 17.5 Å². The minimum absolute atomic E-state index is 0.247. The van der Waals surface area contributed by atoms with Gasteiger partial charge in [-0.1, -0.05) is 0 Å². The molecule has 2 rings (SSSR count). The van der Waals surface area contributed by atoms with Crippen LogP contribution in [0.15, 0.2) is 6.20 Å². The van der Waals surface area contributed by atoms with Crippen molar-refractivity contribution >= 4 is 11.9 Å². The predicted molar refractivity (Wildman–Crippen MR) is 76.4 cm³/mol. The lowest BCUT2D eigenvalue weighted by Crippen LogP contribution is -2.35. The molecule has 24 heavy (non-hydrogen) atoms. The van der Waals surface area contributed by atoms with E-state index in [1.165, 1.54) is 0 Å². The fraction of sp³-hybridized carbons (Fsp3) is 0.667. The molecule has 0 radical (unpaired) electrons. The maximum atomic E-state index is 13.2. The first-order valence-corrected chi connectivity index (χ1v) is 7.65. The molecule has 0 atom stereocenters. The molecule has 1 fully saturated rings. The summed E-state index contributed by atoms with van der Waals surface area (Å²) in [5.41, 5.74) is -2.84. The van der Waals surface area contributed by atoms with Crippen LogP contribution in [0.3, 0.4) is 0 Å². The molecule has 0 bridgehead atoms. The minimum atomic E-state index is -4.81. The number of hydrogen-bond donors (Lipinski definition) is 1.